The van der Waals surface area contributed by atoms with Crippen molar-refractivity contribution in [1.29, 1.82) is 0 Å². The Labute approximate surface area is 137 Å². The number of rotatable bonds is 3. The molecule has 6 nitrogen and oxygen atoms in total. The third kappa shape index (κ3) is 3.17. The predicted octanol–water partition coefficient (Wildman–Crippen LogP) is 3.82. The summed E-state index contributed by atoms with van der Waals surface area (Å²) in [5.74, 6) is 0. The van der Waals surface area contributed by atoms with Crippen LogP contribution in [0, 0.1) is 10.1 Å². The van der Waals surface area contributed by atoms with Gasteiger partial charge in [0.1, 0.15) is 0 Å². The number of amides is 2. The molecule has 0 aromatic heterocycles. The number of nitro benzene ring substituents is 1. The Kier molecular flexibility index (Phi) is 3.99. The zero-order valence-corrected chi connectivity index (χ0v) is 12.7. The number of nitrogens with one attached hydrogen (secondary N) is 1. The van der Waals surface area contributed by atoms with E-state index in [2.05, 4.69) is 5.32 Å². The molecule has 23 heavy (non-hydrogen) atoms. The molecule has 0 unspecified atom stereocenters. The first-order valence-electron chi connectivity index (χ1n) is 6.83. The van der Waals surface area contributed by atoms with Gasteiger partial charge in [0.15, 0.2) is 0 Å². The molecule has 2 aromatic carbocycles. The second-order valence-corrected chi connectivity index (χ2v) is 5.38. The SMILES string of the molecule is O=C1NC(c2cccc([N+](=O)[O-])c2)=CCN1c1cccc(Cl)c1. The third-order valence-corrected chi connectivity index (χ3v) is 3.69. The van der Waals surface area contributed by atoms with Crippen LogP contribution in [0.2, 0.25) is 5.02 Å². The molecule has 1 aliphatic heterocycles. The zero-order valence-electron chi connectivity index (χ0n) is 11.9. The molecular formula is C16H12ClN3O3. The fourth-order valence-corrected chi connectivity index (χ4v) is 2.53. The number of halogens is 1. The average molecular weight is 330 g/mol. The van der Waals surface area contributed by atoms with Gasteiger partial charge in [0, 0.05) is 40.6 Å². The highest BCUT2D eigenvalue weighted by Crippen LogP contribution is 2.25. The molecule has 0 saturated carbocycles. The number of anilines is 1. The maximum atomic E-state index is 12.3. The molecule has 1 heterocycles. The van der Waals surface area contributed by atoms with Gasteiger partial charge in [0.25, 0.3) is 5.69 Å². The van der Waals surface area contributed by atoms with E-state index in [1.54, 1.807) is 42.5 Å². The molecule has 3 rings (SSSR count). The molecule has 116 valence electrons. The van der Waals surface area contributed by atoms with Gasteiger partial charge in [-0.2, -0.15) is 0 Å². The van der Waals surface area contributed by atoms with E-state index in [9.17, 15) is 14.9 Å². The standard InChI is InChI=1S/C16H12ClN3O3/c17-12-4-2-5-13(10-12)19-8-7-15(18-16(19)21)11-3-1-6-14(9-11)20(22)23/h1-7,9-10H,8H2,(H,18,21). The van der Waals surface area contributed by atoms with E-state index in [1.807, 2.05) is 0 Å². The third-order valence-electron chi connectivity index (χ3n) is 3.45. The molecule has 7 heteroatoms. The number of carbonyl (C=O) groups is 1. The highest BCUT2D eigenvalue weighted by molar-refractivity contribution is 6.30. The second-order valence-electron chi connectivity index (χ2n) is 4.95. The topological polar surface area (TPSA) is 75.5 Å². The van der Waals surface area contributed by atoms with Gasteiger partial charge in [-0.1, -0.05) is 29.8 Å². The van der Waals surface area contributed by atoms with Crippen LogP contribution in [0.1, 0.15) is 5.56 Å². The van der Waals surface area contributed by atoms with Crippen LogP contribution in [0.4, 0.5) is 16.2 Å². The summed E-state index contributed by atoms with van der Waals surface area (Å²) in [5, 5.41) is 14.1. The number of hydrogen-bond acceptors (Lipinski definition) is 3. The van der Waals surface area contributed by atoms with Crippen molar-refractivity contribution >= 4 is 34.7 Å². The Bertz CT molecular complexity index is 820. The Morgan fingerprint density at radius 2 is 1.96 bits per heavy atom. The minimum Gasteiger partial charge on any atom is -0.307 e. The average Bonchev–Trinajstić information content (AvgIpc) is 2.55. The summed E-state index contributed by atoms with van der Waals surface area (Å²) in [4.78, 5) is 24.2. The molecule has 0 aliphatic carbocycles. The van der Waals surface area contributed by atoms with E-state index in [0.29, 0.717) is 28.5 Å². The molecule has 0 spiro atoms. The van der Waals surface area contributed by atoms with Crippen LogP contribution in [-0.2, 0) is 0 Å². The van der Waals surface area contributed by atoms with Gasteiger partial charge in [0.05, 0.1) is 4.92 Å². The molecular weight excluding hydrogens is 318 g/mol. The highest BCUT2D eigenvalue weighted by atomic mass is 35.5. The maximum Gasteiger partial charge on any atom is 0.326 e. The van der Waals surface area contributed by atoms with Gasteiger partial charge in [-0.3, -0.25) is 15.0 Å². The summed E-state index contributed by atoms with van der Waals surface area (Å²) < 4.78 is 0. The number of carbonyl (C=O) groups excluding carboxylic acids is 1. The van der Waals surface area contributed by atoms with E-state index in [0.717, 1.165) is 0 Å². The minimum absolute atomic E-state index is 0.0186. The van der Waals surface area contributed by atoms with Crippen LogP contribution in [-0.4, -0.2) is 17.5 Å². The number of benzene rings is 2. The number of nitrogens with zero attached hydrogens (tertiary/aromatic N) is 2. The Morgan fingerprint density at radius 3 is 2.65 bits per heavy atom. The summed E-state index contributed by atoms with van der Waals surface area (Å²) in [6.45, 7) is 0.351. The van der Waals surface area contributed by atoms with Crippen molar-refractivity contribution in [3.05, 3.63) is 75.3 Å². The number of nitro groups is 1. The van der Waals surface area contributed by atoms with Crippen molar-refractivity contribution in [3.63, 3.8) is 0 Å². The summed E-state index contributed by atoms with van der Waals surface area (Å²) in [6, 6.07) is 12.8. The fraction of sp³-hybridized carbons (Fsp3) is 0.0625. The van der Waals surface area contributed by atoms with E-state index >= 15 is 0 Å². The molecule has 2 amide bonds. The van der Waals surface area contributed by atoms with Crippen LogP contribution in [0.5, 0.6) is 0 Å². The molecule has 0 saturated heterocycles. The van der Waals surface area contributed by atoms with E-state index < -0.39 is 4.92 Å². The van der Waals surface area contributed by atoms with Crippen molar-refractivity contribution in [2.75, 3.05) is 11.4 Å². The highest BCUT2D eigenvalue weighted by Gasteiger charge is 2.22. The van der Waals surface area contributed by atoms with Crippen LogP contribution in [0.25, 0.3) is 5.70 Å². The van der Waals surface area contributed by atoms with Crippen molar-refractivity contribution < 1.29 is 9.72 Å². The number of non-ortho nitro benzene ring substituents is 1. The predicted molar refractivity (Wildman–Crippen MR) is 88.4 cm³/mol. The normalized spacial score (nSPS) is 14.2. The maximum absolute atomic E-state index is 12.3. The van der Waals surface area contributed by atoms with Crippen molar-refractivity contribution in [1.82, 2.24) is 5.32 Å². The molecule has 0 bridgehead atoms. The summed E-state index contributed by atoms with van der Waals surface area (Å²) in [7, 11) is 0. The largest absolute Gasteiger partial charge is 0.326 e. The number of urea groups is 1. The lowest BCUT2D eigenvalue weighted by Crippen LogP contribution is -2.43. The molecule has 1 aliphatic rings. The van der Waals surface area contributed by atoms with Crippen molar-refractivity contribution in [2.24, 2.45) is 0 Å². The molecule has 0 fully saturated rings. The number of hydrogen-bond donors (Lipinski definition) is 1. The molecule has 0 atom stereocenters. The fourth-order valence-electron chi connectivity index (χ4n) is 2.34. The lowest BCUT2D eigenvalue weighted by atomic mass is 10.1. The van der Waals surface area contributed by atoms with Gasteiger partial charge in [0.2, 0.25) is 0 Å². The lowest BCUT2D eigenvalue weighted by molar-refractivity contribution is -0.384. The van der Waals surface area contributed by atoms with E-state index in [4.69, 9.17) is 11.6 Å². The summed E-state index contributed by atoms with van der Waals surface area (Å²) in [5.41, 5.74) is 1.81. The monoisotopic (exact) mass is 329 g/mol. The first-order valence-corrected chi connectivity index (χ1v) is 7.21. The molecule has 1 N–H and O–H groups in total. The van der Waals surface area contributed by atoms with Gasteiger partial charge in [-0.25, -0.2) is 4.79 Å². The van der Waals surface area contributed by atoms with E-state index in [1.165, 1.54) is 17.0 Å². The molecule has 0 radical (unpaired) electrons. The summed E-state index contributed by atoms with van der Waals surface area (Å²) in [6.07, 6.45) is 1.81. The van der Waals surface area contributed by atoms with Crippen molar-refractivity contribution in [3.8, 4) is 0 Å². The van der Waals surface area contributed by atoms with Crippen LogP contribution >= 0.6 is 11.6 Å². The van der Waals surface area contributed by atoms with Crippen molar-refractivity contribution in [2.45, 2.75) is 0 Å². The smallest absolute Gasteiger partial charge is 0.307 e. The van der Waals surface area contributed by atoms with Gasteiger partial charge < -0.3 is 5.32 Å². The minimum atomic E-state index is -0.465. The first-order chi connectivity index (χ1) is 11.0. The Hall–Kier alpha value is -2.86. The summed E-state index contributed by atoms with van der Waals surface area (Å²) >= 11 is 5.95. The van der Waals surface area contributed by atoms with Crippen LogP contribution in [0.3, 0.4) is 0 Å². The van der Waals surface area contributed by atoms with Gasteiger partial charge in [-0.15, -0.1) is 0 Å². The van der Waals surface area contributed by atoms with Crippen LogP contribution < -0.4 is 10.2 Å². The van der Waals surface area contributed by atoms with Gasteiger partial charge >= 0.3 is 6.03 Å². The van der Waals surface area contributed by atoms with Crippen LogP contribution in [0.15, 0.2) is 54.6 Å². The zero-order chi connectivity index (χ0) is 16.4. The second kappa shape index (κ2) is 6.10. The Balaban J connectivity index is 1.87. The first kappa shape index (κ1) is 15.1. The molecule has 2 aromatic rings. The van der Waals surface area contributed by atoms with Gasteiger partial charge in [-0.05, 0) is 24.3 Å². The lowest BCUT2D eigenvalue weighted by Gasteiger charge is -2.27. The Morgan fingerprint density at radius 1 is 1.17 bits per heavy atom. The van der Waals surface area contributed by atoms with E-state index in [-0.39, 0.29) is 11.7 Å². The quantitative estimate of drug-likeness (QED) is 0.687.